The minimum absolute atomic E-state index is 0.0566. The summed E-state index contributed by atoms with van der Waals surface area (Å²) in [5, 5.41) is 13.0. The fraction of sp³-hybridized carbons (Fsp3) is 0.250. The van der Waals surface area contributed by atoms with E-state index in [0.29, 0.717) is 0 Å². The van der Waals surface area contributed by atoms with Crippen LogP contribution in [0, 0.1) is 15.9 Å². The number of benzene rings is 1. The average molecular weight is 281 g/mol. The molecule has 0 unspecified atom stereocenters. The highest BCUT2D eigenvalue weighted by Crippen LogP contribution is 2.30. The zero-order valence-corrected chi connectivity index (χ0v) is 9.05. The number of nitrogens with zero attached hydrogens (tertiary/aromatic N) is 1. The third kappa shape index (κ3) is 2.85. The van der Waals surface area contributed by atoms with Gasteiger partial charge in [-0.25, -0.2) is 8.78 Å². The van der Waals surface area contributed by atoms with E-state index in [1.54, 1.807) is 0 Å². The summed E-state index contributed by atoms with van der Waals surface area (Å²) >= 11 is 2.89. The average Bonchev–Trinajstić information content (AvgIpc) is 2.19. The summed E-state index contributed by atoms with van der Waals surface area (Å²) in [7, 11) is 0. The molecule has 82 valence electrons. The second-order valence-electron chi connectivity index (χ2n) is 2.66. The molecule has 0 fully saturated rings. The molecule has 1 aromatic carbocycles. The third-order valence-corrected chi connectivity index (χ3v) is 2.25. The topological polar surface area (TPSA) is 55.2 Å². The molecular weight excluding hydrogens is 274 g/mol. The Bertz CT molecular complexity index is 387. The number of nitrogens with one attached hydrogen (secondary N) is 1. The standard InChI is InChI=1S/C8H7BrF2N2O2/c9-5-3-7(12-2-1-10)8(13(14)15)4-6(5)11/h3-4,12H,1-2H2. The summed E-state index contributed by atoms with van der Waals surface area (Å²) in [6.45, 7) is -0.717. The minimum atomic E-state index is -0.729. The SMILES string of the molecule is O=[N+]([O-])c1cc(F)c(Br)cc1NCCF. The van der Waals surface area contributed by atoms with E-state index in [0.717, 1.165) is 6.07 Å². The van der Waals surface area contributed by atoms with E-state index in [1.807, 2.05) is 0 Å². The first-order chi connectivity index (χ1) is 7.06. The molecular formula is C8H7BrF2N2O2. The van der Waals surface area contributed by atoms with Crippen LogP contribution in [0.15, 0.2) is 16.6 Å². The maximum atomic E-state index is 13.0. The summed E-state index contributed by atoms with van der Waals surface area (Å²) in [4.78, 5) is 9.81. The van der Waals surface area contributed by atoms with Crippen LogP contribution in [0.4, 0.5) is 20.2 Å². The normalized spacial score (nSPS) is 10.1. The fourth-order valence-corrected chi connectivity index (χ4v) is 1.35. The van der Waals surface area contributed by atoms with Crippen LogP contribution in [-0.2, 0) is 0 Å². The Morgan fingerprint density at radius 2 is 2.20 bits per heavy atom. The quantitative estimate of drug-likeness (QED) is 0.682. The van der Waals surface area contributed by atoms with Gasteiger partial charge in [0.05, 0.1) is 15.5 Å². The second kappa shape index (κ2) is 5.01. The lowest BCUT2D eigenvalue weighted by Gasteiger charge is -2.05. The van der Waals surface area contributed by atoms with Crippen LogP contribution in [0.1, 0.15) is 0 Å². The van der Waals surface area contributed by atoms with Crippen LogP contribution in [0.25, 0.3) is 0 Å². The molecule has 1 N–H and O–H groups in total. The summed E-state index contributed by atoms with van der Waals surface area (Å²) < 4.78 is 25.0. The first kappa shape index (κ1) is 11.8. The Morgan fingerprint density at radius 1 is 1.53 bits per heavy atom. The fourth-order valence-electron chi connectivity index (χ4n) is 1.01. The smallest absolute Gasteiger partial charge is 0.295 e. The summed E-state index contributed by atoms with van der Waals surface area (Å²) in [5.74, 6) is -0.729. The van der Waals surface area contributed by atoms with Crippen LogP contribution in [0.2, 0.25) is 0 Å². The number of alkyl halides is 1. The molecule has 0 aliphatic carbocycles. The molecule has 0 aliphatic heterocycles. The predicted molar refractivity (Wildman–Crippen MR) is 55.2 cm³/mol. The molecule has 0 saturated carbocycles. The second-order valence-corrected chi connectivity index (χ2v) is 3.51. The van der Waals surface area contributed by atoms with Crippen molar-refractivity contribution in [2.45, 2.75) is 0 Å². The Morgan fingerprint density at radius 3 is 2.73 bits per heavy atom. The number of anilines is 1. The van der Waals surface area contributed by atoms with Crippen molar-refractivity contribution in [3.05, 3.63) is 32.5 Å². The van der Waals surface area contributed by atoms with Gasteiger partial charge in [0, 0.05) is 6.54 Å². The lowest BCUT2D eigenvalue weighted by Crippen LogP contribution is -2.06. The van der Waals surface area contributed by atoms with Crippen molar-refractivity contribution in [2.24, 2.45) is 0 Å². The molecule has 0 heterocycles. The number of nitro benzene ring substituents is 1. The van der Waals surface area contributed by atoms with Gasteiger partial charge in [-0.1, -0.05) is 0 Å². The van der Waals surface area contributed by atoms with Crippen LogP contribution in [-0.4, -0.2) is 18.1 Å². The Hall–Kier alpha value is -1.24. The molecule has 1 rings (SSSR count). The molecule has 0 spiro atoms. The summed E-state index contributed by atoms with van der Waals surface area (Å²) in [5.41, 5.74) is -0.324. The van der Waals surface area contributed by atoms with E-state index < -0.39 is 23.1 Å². The van der Waals surface area contributed by atoms with Gasteiger partial charge in [-0.3, -0.25) is 10.1 Å². The van der Waals surface area contributed by atoms with Crippen LogP contribution >= 0.6 is 15.9 Å². The number of rotatable bonds is 4. The molecule has 4 nitrogen and oxygen atoms in total. The van der Waals surface area contributed by atoms with Crippen LogP contribution in [0.5, 0.6) is 0 Å². The Balaban J connectivity index is 3.10. The first-order valence-corrected chi connectivity index (χ1v) is 4.79. The summed E-state index contributed by atoms with van der Waals surface area (Å²) in [6, 6.07) is 1.99. The summed E-state index contributed by atoms with van der Waals surface area (Å²) in [6.07, 6.45) is 0. The Labute approximate surface area is 92.6 Å². The van der Waals surface area contributed by atoms with E-state index >= 15 is 0 Å². The van der Waals surface area contributed by atoms with Gasteiger partial charge < -0.3 is 5.32 Å². The van der Waals surface area contributed by atoms with Gasteiger partial charge in [0.15, 0.2) is 0 Å². The molecule has 1 aromatic rings. The molecule has 15 heavy (non-hydrogen) atoms. The van der Waals surface area contributed by atoms with E-state index in [1.165, 1.54) is 6.07 Å². The Kier molecular flexibility index (Phi) is 3.96. The van der Waals surface area contributed by atoms with Gasteiger partial charge in [0.2, 0.25) is 0 Å². The lowest BCUT2D eigenvalue weighted by molar-refractivity contribution is -0.384. The predicted octanol–water partition coefficient (Wildman–Crippen LogP) is 2.88. The van der Waals surface area contributed by atoms with Crippen molar-refractivity contribution >= 4 is 27.3 Å². The number of hydrogen-bond acceptors (Lipinski definition) is 3. The van der Waals surface area contributed by atoms with Gasteiger partial charge in [0.1, 0.15) is 18.2 Å². The third-order valence-electron chi connectivity index (χ3n) is 1.65. The van der Waals surface area contributed by atoms with Crippen molar-refractivity contribution in [3.8, 4) is 0 Å². The first-order valence-electron chi connectivity index (χ1n) is 3.99. The zero-order valence-electron chi connectivity index (χ0n) is 7.47. The largest absolute Gasteiger partial charge is 0.377 e. The highest BCUT2D eigenvalue weighted by atomic mass is 79.9. The molecule has 7 heteroatoms. The van der Waals surface area contributed by atoms with E-state index in [4.69, 9.17) is 0 Å². The monoisotopic (exact) mass is 280 g/mol. The molecule has 0 aliphatic rings. The van der Waals surface area contributed by atoms with E-state index in [9.17, 15) is 18.9 Å². The van der Waals surface area contributed by atoms with Gasteiger partial charge in [-0.15, -0.1) is 0 Å². The molecule has 0 atom stereocenters. The molecule has 0 bridgehead atoms. The highest BCUT2D eigenvalue weighted by Gasteiger charge is 2.16. The van der Waals surface area contributed by atoms with Crippen molar-refractivity contribution in [1.29, 1.82) is 0 Å². The molecule has 0 radical (unpaired) electrons. The van der Waals surface area contributed by atoms with E-state index in [2.05, 4.69) is 21.2 Å². The van der Waals surface area contributed by atoms with E-state index in [-0.39, 0.29) is 16.7 Å². The van der Waals surface area contributed by atoms with Crippen LogP contribution < -0.4 is 5.32 Å². The van der Waals surface area contributed by atoms with Crippen molar-refractivity contribution in [3.63, 3.8) is 0 Å². The maximum absolute atomic E-state index is 13.0. The number of nitro groups is 1. The van der Waals surface area contributed by atoms with Gasteiger partial charge in [-0.05, 0) is 22.0 Å². The molecule has 0 saturated heterocycles. The molecule has 0 aromatic heterocycles. The zero-order chi connectivity index (χ0) is 11.4. The molecule has 0 amide bonds. The van der Waals surface area contributed by atoms with Crippen molar-refractivity contribution in [1.82, 2.24) is 0 Å². The number of halogens is 3. The maximum Gasteiger partial charge on any atom is 0.295 e. The van der Waals surface area contributed by atoms with Gasteiger partial charge >= 0.3 is 0 Å². The highest BCUT2D eigenvalue weighted by molar-refractivity contribution is 9.10. The van der Waals surface area contributed by atoms with Gasteiger partial charge in [0.25, 0.3) is 5.69 Å². The van der Waals surface area contributed by atoms with Gasteiger partial charge in [-0.2, -0.15) is 0 Å². The number of hydrogen-bond donors (Lipinski definition) is 1. The van der Waals surface area contributed by atoms with Crippen LogP contribution in [0.3, 0.4) is 0 Å². The van der Waals surface area contributed by atoms with Crippen molar-refractivity contribution in [2.75, 3.05) is 18.5 Å². The minimum Gasteiger partial charge on any atom is -0.377 e. The van der Waals surface area contributed by atoms with Crippen molar-refractivity contribution < 1.29 is 13.7 Å². The lowest BCUT2D eigenvalue weighted by atomic mass is 10.2.